The lowest BCUT2D eigenvalue weighted by molar-refractivity contribution is -0.143. The Bertz CT molecular complexity index is 110. The SMILES string of the molecule is C=COC.CCCOC(=O)CC. The number of carbonyl (C=O) groups is 1. The van der Waals surface area contributed by atoms with Crippen LogP contribution in [0.3, 0.4) is 0 Å². The van der Waals surface area contributed by atoms with Crippen LogP contribution < -0.4 is 0 Å². The highest BCUT2D eigenvalue weighted by Gasteiger charge is 1.93. The topological polar surface area (TPSA) is 35.5 Å². The maximum absolute atomic E-state index is 10.3. The summed E-state index contributed by atoms with van der Waals surface area (Å²) in [4.78, 5) is 10.3. The van der Waals surface area contributed by atoms with Crippen molar-refractivity contribution in [2.24, 2.45) is 0 Å². The predicted octanol–water partition coefficient (Wildman–Crippen LogP) is 2.13. The van der Waals surface area contributed by atoms with Gasteiger partial charge in [-0.05, 0) is 6.42 Å². The summed E-state index contributed by atoms with van der Waals surface area (Å²) < 4.78 is 9.01. The molecule has 0 unspecified atom stereocenters. The van der Waals surface area contributed by atoms with Gasteiger partial charge in [0, 0.05) is 6.42 Å². The molecule has 0 aromatic rings. The number of hydrogen-bond donors (Lipinski definition) is 0. The maximum atomic E-state index is 10.3. The lowest BCUT2D eigenvalue weighted by atomic mass is 10.5. The van der Waals surface area contributed by atoms with Gasteiger partial charge in [0.25, 0.3) is 0 Å². The summed E-state index contributed by atoms with van der Waals surface area (Å²) in [5.41, 5.74) is 0. The molecule has 0 amide bonds. The maximum Gasteiger partial charge on any atom is 0.305 e. The second-order valence-corrected chi connectivity index (χ2v) is 1.98. The van der Waals surface area contributed by atoms with Gasteiger partial charge in [-0.1, -0.05) is 20.4 Å². The molecule has 3 heteroatoms. The van der Waals surface area contributed by atoms with Crippen molar-refractivity contribution in [3.63, 3.8) is 0 Å². The van der Waals surface area contributed by atoms with Gasteiger partial charge in [-0.2, -0.15) is 0 Å². The first-order valence-corrected chi connectivity index (χ1v) is 4.02. The van der Waals surface area contributed by atoms with Crippen molar-refractivity contribution in [1.29, 1.82) is 0 Å². The zero-order valence-corrected chi connectivity index (χ0v) is 8.13. The molecule has 3 nitrogen and oxygen atoms in total. The average molecular weight is 174 g/mol. The Kier molecular flexibility index (Phi) is 14.3. The van der Waals surface area contributed by atoms with E-state index in [2.05, 4.69) is 11.3 Å². The van der Waals surface area contributed by atoms with Gasteiger partial charge >= 0.3 is 5.97 Å². The summed E-state index contributed by atoms with van der Waals surface area (Å²) in [7, 11) is 1.56. The van der Waals surface area contributed by atoms with Crippen molar-refractivity contribution in [3.05, 3.63) is 12.8 Å². The standard InChI is InChI=1S/C6H12O2.C3H6O/c1-3-5-8-6(7)4-2;1-3-4-2/h3-5H2,1-2H3;3H,1H2,2H3. The van der Waals surface area contributed by atoms with Crippen LogP contribution in [0.2, 0.25) is 0 Å². The molecule has 0 aliphatic carbocycles. The third-order valence-corrected chi connectivity index (χ3v) is 0.923. The number of ether oxygens (including phenoxy) is 2. The van der Waals surface area contributed by atoms with Crippen LogP contribution in [-0.4, -0.2) is 19.7 Å². The van der Waals surface area contributed by atoms with Crippen LogP contribution >= 0.6 is 0 Å². The van der Waals surface area contributed by atoms with Gasteiger partial charge < -0.3 is 9.47 Å². The molecule has 0 bridgehead atoms. The van der Waals surface area contributed by atoms with E-state index in [4.69, 9.17) is 4.74 Å². The Balaban J connectivity index is 0. The average Bonchev–Trinajstić information content (AvgIpc) is 2.14. The molecule has 0 fully saturated rings. The molecule has 0 radical (unpaired) electrons. The Labute approximate surface area is 74.4 Å². The van der Waals surface area contributed by atoms with Crippen molar-refractivity contribution < 1.29 is 14.3 Å². The highest BCUT2D eigenvalue weighted by atomic mass is 16.5. The van der Waals surface area contributed by atoms with Crippen molar-refractivity contribution in [1.82, 2.24) is 0 Å². The fourth-order valence-electron chi connectivity index (χ4n) is 0.318. The first-order valence-electron chi connectivity index (χ1n) is 4.02. The number of rotatable bonds is 4. The third-order valence-electron chi connectivity index (χ3n) is 0.923. The quantitative estimate of drug-likeness (QED) is 0.483. The number of methoxy groups -OCH3 is 1. The molecule has 0 aliphatic heterocycles. The van der Waals surface area contributed by atoms with Crippen molar-refractivity contribution in [2.45, 2.75) is 26.7 Å². The van der Waals surface area contributed by atoms with Crippen LogP contribution in [0, 0.1) is 0 Å². The highest BCUT2D eigenvalue weighted by Crippen LogP contribution is 1.85. The molecule has 72 valence electrons. The lowest BCUT2D eigenvalue weighted by Crippen LogP contribution is -2.02. The monoisotopic (exact) mass is 174 g/mol. The van der Waals surface area contributed by atoms with Crippen LogP contribution in [-0.2, 0) is 14.3 Å². The second-order valence-electron chi connectivity index (χ2n) is 1.98. The molecule has 12 heavy (non-hydrogen) atoms. The molecule has 0 saturated carbocycles. The smallest absolute Gasteiger partial charge is 0.305 e. The van der Waals surface area contributed by atoms with Crippen molar-refractivity contribution >= 4 is 5.97 Å². The largest absolute Gasteiger partial charge is 0.505 e. The van der Waals surface area contributed by atoms with Crippen LogP contribution in [0.5, 0.6) is 0 Å². The zero-order chi connectivity index (χ0) is 9.82. The van der Waals surface area contributed by atoms with E-state index in [1.54, 1.807) is 14.0 Å². The van der Waals surface area contributed by atoms with Crippen LogP contribution in [0.25, 0.3) is 0 Å². The molecule has 0 rings (SSSR count). The Hall–Kier alpha value is -0.990. The van der Waals surface area contributed by atoms with Gasteiger partial charge in [-0.25, -0.2) is 0 Å². The first-order chi connectivity index (χ1) is 5.72. The third kappa shape index (κ3) is 16.0. The van der Waals surface area contributed by atoms with E-state index >= 15 is 0 Å². The molecule has 0 aliphatic rings. The molecule has 0 aromatic heterocycles. The Morgan fingerprint density at radius 2 is 2.00 bits per heavy atom. The van der Waals surface area contributed by atoms with E-state index in [0.29, 0.717) is 13.0 Å². The van der Waals surface area contributed by atoms with Crippen LogP contribution in [0.4, 0.5) is 0 Å². The minimum absolute atomic E-state index is 0.105. The Morgan fingerprint density at radius 1 is 1.50 bits per heavy atom. The minimum atomic E-state index is -0.105. The number of esters is 1. The van der Waals surface area contributed by atoms with E-state index < -0.39 is 0 Å². The van der Waals surface area contributed by atoms with Gasteiger partial charge in [-0.15, -0.1) is 0 Å². The minimum Gasteiger partial charge on any atom is -0.505 e. The number of hydrogen-bond acceptors (Lipinski definition) is 3. The van der Waals surface area contributed by atoms with Crippen LogP contribution in [0.1, 0.15) is 26.7 Å². The molecule has 0 atom stereocenters. The van der Waals surface area contributed by atoms with E-state index in [0.717, 1.165) is 6.42 Å². The van der Waals surface area contributed by atoms with Gasteiger partial charge in [0.1, 0.15) is 0 Å². The molecule has 0 N–H and O–H groups in total. The predicted molar refractivity (Wildman–Crippen MR) is 48.7 cm³/mol. The summed E-state index contributed by atoms with van der Waals surface area (Å²) in [6, 6.07) is 0. The molecule has 0 spiro atoms. The molecule has 0 saturated heterocycles. The van der Waals surface area contributed by atoms with E-state index in [1.807, 2.05) is 6.92 Å². The lowest BCUT2D eigenvalue weighted by Gasteiger charge is -1.97. The van der Waals surface area contributed by atoms with Gasteiger partial charge in [0.15, 0.2) is 0 Å². The first kappa shape index (κ1) is 13.6. The van der Waals surface area contributed by atoms with E-state index in [9.17, 15) is 4.79 Å². The molecular formula is C9H18O3. The molecule has 0 aromatic carbocycles. The summed E-state index contributed by atoms with van der Waals surface area (Å²) in [5.74, 6) is -0.105. The summed E-state index contributed by atoms with van der Waals surface area (Å²) >= 11 is 0. The normalized spacial score (nSPS) is 7.58. The highest BCUT2D eigenvalue weighted by molar-refractivity contribution is 5.68. The summed E-state index contributed by atoms with van der Waals surface area (Å²) in [6.45, 7) is 7.58. The molecular weight excluding hydrogens is 156 g/mol. The van der Waals surface area contributed by atoms with E-state index in [-0.39, 0.29) is 5.97 Å². The second kappa shape index (κ2) is 12.7. The van der Waals surface area contributed by atoms with Gasteiger partial charge in [0.05, 0.1) is 20.0 Å². The van der Waals surface area contributed by atoms with Crippen molar-refractivity contribution in [2.75, 3.05) is 13.7 Å². The van der Waals surface area contributed by atoms with Gasteiger partial charge in [-0.3, -0.25) is 4.79 Å². The van der Waals surface area contributed by atoms with Crippen molar-refractivity contribution in [3.8, 4) is 0 Å². The fraction of sp³-hybridized carbons (Fsp3) is 0.667. The fourth-order valence-corrected chi connectivity index (χ4v) is 0.318. The Morgan fingerprint density at radius 3 is 2.25 bits per heavy atom. The summed E-state index contributed by atoms with van der Waals surface area (Å²) in [6.07, 6.45) is 2.77. The molecule has 0 heterocycles. The summed E-state index contributed by atoms with van der Waals surface area (Å²) in [5, 5.41) is 0. The number of carbonyl (C=O) groups excluding carboxylic acids is 1. The van der Waals surface area contributed by atoms with Crippen LogP contribution in [0.15, 0.2) is 12.8 Å². The zero-order valence-electron chi connectivity index (χ0n) is 8.13. The van der Waals surface area contributed by atoms with E-state index in [1.165, 1.54) is 6.26 Å². The van der Waals surface area contributed by atoms with Gasteiger partial charge in [0.2, 0.25) is 0 Å².